The molecule has 0 radical (unpaired) electrons. The molecular weight excluding hydrogens is 172 g/mol. The largest absolute Gasteiger partial charge is 0.382 e. The maximum atomic E-state index is 5.28. The Labute approximate surface area is 89.5 Å². The molecular formula is C13H26O. The lowest BCUT2D eigenvalue weighted by atomic mass is 10.1. The molecule has 14 heavy (non-hydrogen) atoms. The van der Waals surface area contributed by atoms with E-state index in [9.17, 15) is 0 Å². The summed E-state index contributed by atoms with van der Waals surface area (Å²) in [6.07, 6.45) is 13.8. The molecule has 0 atom stereocenters. The molecule has 0 unspecified atom stereocenters. The van der Waals surface area contributed by atoms with Crippen LogP contribution in [0.5, 0.6) is 0 Å². The summed E-state index contributed by atoms with van der Waals surface area (Å²) in [5.41, 5.74) is 0. The lowest BCUT2D eigenvalue weighted by Gasteiger charge is -2.01. The van der Waals surface area contributed by atoms with E-state index in [1.807, 2.05) is 0 Å². The minimum absolute atomic E-state index is 0.864. The molecule has 0 fully saturated rings. The van der Waals surface area contributed by atoms with Crippen LogP contribution in [0.1, 0.15) is 58.8 Å². The third-order valence-electron chi connectivity index (χ3n) is 2.35. The minimum atomic E-state index is 0.864. The van der Waals surface area contributed by atoms with Crippen molar-refractivity contribution in [2.75, 3.05) is 13.2 Å². The van der Waals surface area contributed by atoms with Crippen molar-refractivity contribution in [1.29, 1.82) is 0 Å². The average Bonchev–Trinajstić information content (AvgIpc) is 2.21. The normalized spacial score (nSPS) is 11.3. The molecule has 0 N–H and O–H groups in total. The first kappa shape index (κ1) is 13.7. The van der Waals surface area contributed by atoms with E-state index in [4.69, 9.17) is 4.74 Å². The Morgan fingerprint density at radius 1 is 0.929 bits per heavy atom. The van der Waals surface area contributed by atoms with Crippen molar-refractivity contribution in [2.24, 2.45) is 0 Å². The van der Waals surface area contributed by atoms with Crippen LogP contribution in [0.4, 0.5) is 0 Å². The number of hydrogen-bond donors (Lipinski definition) is 0. The van der Waals surface area contributed by atoms with E-state index in [2.05, 4.69) is 26.0 Å². The van der Waals surface area contributed by atoms with Crippen LogP contribution in [0.15, 0.2) is 12.2 Å². The van der Waals surface area contributed by atoms with E-state index in [1.54, 1.807) is 0 Å². The Balaban J connectivity index is 2.85. The second-order valence-electron chi connectivity index (χ2n) is 3.68. The predicted molar refractivity (Wildman–Crippen MR) is 63.6 cm³/mol. The Bertz CT molecular complexity index is 118. The molecule has 0 aliphatic heterocycles. The van der Waals surface area contributed by atoms with E-state index >= 15 is 0 Å². The highest BCUT2D eigenvalue weighted by atomic mass is 16.5. The van der Waals surface area contributed by atoms with Crippen molar-refractivity contribution in [1.82, 2.24) is 0 Å². The fourth-order valence-electron chi connectivity index (χ4n) is 1.48. The molecule has 0 bridgehead atoms. The minimum Gasteiger partial charge on any atom is -0.382 e. The molecule has 0 amide bonds. The molecule has 0 aliphatic rings. The van der Waals surface area contributed by atoms with Gasteiger partial charge in [0, 0.05) is 13.2 Å². The number of allylic oxidation sites excluding steroid dienone is 2. The van der Waals surface area contributed by atoms with Crippen LogP contribution in [0, 0.1) is 0 Å². The smallest absolute Gasteiger partial charge is 0.0465 e. The molecule has 0 aromatic heterocycles. The van der Waals surface area contributed by atoms with Crippen molar-refractivity contribution < 1.29 is 4.74 Å². The third-order valence-corrected chi connectivity index (χ3v) is 2.35. The topological polar surface area (TPSA) is 9.23 Å². The van der Waals surface area contributed by atoms with Crippen molar-refractivity contribution in [3.63, 3.8) is 0 Å². The standard InChI is InChI=1S/C13H26O/c1-3-5-6-7-8-9-10-11-12-13-14-4-2/h3,5H,4,6-13H2,1-2H3. The van der Waals surface area contributed by atoms with Crippen molar-refractivity contribution in [3.8, 4) is 0 Å². The molecule has 1 heteroatoms. The summed E-state index contributed by atoms with van der Waals surface area (Å²) in [6, 6.07) is 0. The number of ether oxygens (including phenoxy) is 1. The molecule has 0 aliphatic carbocycles. The van der Waals surface area contributed by atoms with Gasteiger partial charge < -0.3 is 4.74 Å². The van der Waals surface area contributed by atoms with Crippen molar-refractivity contribution in [2.45, 2.75) is 58.8 Å². The van der Waals surface area contributed by atoms with Crippen LogP contribution in [-0.2, 0) is 4.74 Å². The summed E-state index contributed by atoms with van der Waals surface area (Å²) in [7, 11) is 0. The van der Waals surface area contributed by atoms with E-state index in [0.29, 0.717) is 0 Å². The number of hydrogen-bond acceptors (Lipinski definition) is 1. The van der Waals surface area contributed by atoms with Crippen molar-refractivity contribution >= 4 is 0 Å². The Kier molecular flexibility index (Phi) is 12.4. The summed E-state index contributed by atoms with van der Waals surface area (Å²) in [5.74, 6) is 0. The predicted octanol–water partition coefficient (Wildman–Crippen LogP) is 4.33. The Morgan fingerprint density at radius 2 is 1.57 bits per heavy atom. The summed E-state index contributed by atoms with van der Waals surface area (Å²) < 4.78 is 5.28. The first-order chi connectivity index (χ1) is 6.91. The quantitative estimate of drug-likeness (QED) is 0.375. The molecule has 0 rings (SSSR count). The second kappa shape index (κ2) is 12.7. The van der Waals surface area contributed by atoms with E-state index in [-0.39, 0.29) is 0 Å². The summed E-state index contributed by atoms with van der Waals surface area (Å²) >= 11 is 0. The molecule has 84 valence electrons. The van der Waals surface area contributed by atoms with Gasteiger partial charge in [-0.3, -0.25) is 0 Å². The molecule has 0 aromatic rings. The van der Waals surface area contributed by atoms with E-state index in [1.165, 1.54) is 44.9 Å². The van der Waals surface area contributed by atoms with Crippen LogP contribution in [0.25, 0.3) is 0 Å². The van der Waals surface area contributed by atoms with Gasteiger partial charge >= 0.3 is 0 Å². The lowest BCUT2D eigenvalue weighted by Crippen LogP contribution is -1.92. The monoisotopic (exact) mass is 198 g/mol. The SMILES string of the molecule is CC=CCCCCCCCCOCC. The average molecular weight is 198 g/mol. The van der Waals surface area contributed by atoms with Gasteiger partial charge in [-0.1, -0.05) is 37.8 Å². The Hall–Kier alpha value is -0.300. The van der Waals surface area contributed by atoms with E-state index in [0.717, 1.165) is 13.2 Å². The maximum Gasteiger partial charge on any atom is 0.0465 e. The van der Waals surface area contributed by atoms with Gasteiger partial charge in [0.15, 0.2) is 0 Å². The van der Waals surface area contributed by atoms with Gasteiger partial charge in [-0.15, -0.1) is 0 Å². The zero-order chi connectivity index (χ0) is 10.5. The first-order valence-electron chi connectivity index (χ1n) is 6.10. The molecule has 0 heterocycles. The highest BCUT2D eigenvalue weighted by molar-refractivity contribution is 4.76. The van der Waals surface area contributed by atoms with Crippen LogP contribution < -0.4 is 0 Å². The summed E-state index contributed by atoms with van der Waals surface area (Å²) in [6.45, 7) is 5.97. The zero-order valence-corrected chi connectivity index (χ0v) is 9.93. The van der Waals surface area contributed by atoms with Gasteiger partial charge in [0.1, 0.15) is 0 Å². The molecule has 1 nitrogen and oxygen atoms in total. The van der Waals surface area contributed by atoms with Gasteiger partial charge in [0.05, 0.1) is 0 Å². The van der Waals surface area contributed by atoms with E-state index < -0.39 is 0 Å². The van der Waals surface area contributed by atoms with Gasteiger partial charge in [-0.05, 0) is 33.1 Å². The number of rotatable bonds is 10. The fraction of sp³-hybridized carbons (Fsp3) is 0.846. The Morgan fingerprint density at radius 3 is 2.21 bits per heavy atom. The molecule has 0 spiro atoms. The zero-order valence-electron chi connectivity index (χ0n) is 9.93. The summed E-state index contributed by atoms with van der Waals surface area (Å²) in [5, 5.41) is 0. The van der Waals surface area contributed by atoms with Gasteiger partial charge in [0.2, 0.25) is 0 Å². The maximum absolute atomic E-state index is 5.28. The van der Waals surface area contributed by atoms with Gasteiger partial charge in [-0.2, -0.15) is 0 Å². The fourth-order valence-corrected chi connectivity index (χ4v) is 1.48. The third kappa shape index (κ3) is 11.7. The number of unbranched alkanes of at least 4 members (excludes halogenated alkanes) is 6. The highest BCUT2D eigenvalue weighted by Gasteiger charge is 1.90. The molecule has 0 aromatic carbocycles. The highest BCUT2D eigenvalue weighted by Crippen LogP contribution is 2.07. The van der Waals surface area contributed by atoms with Crippen LogP contribution in [-0.4, -0.2) is 13.2 Å². The van der Waals surface area contributed by atoms with Crippen molar-refractivity contribution in [3.05, 3.63) is 12.2 Å². The lowest BCUT2D eigenvalue weighted by molar-refractivity contribution is 0.143. The molecule has 0 saturated heterocycles. The summed E-state index contributed by atoms with van der Waals surface area (Å²) in [4.78, 5) is 0. The van der Waals surface area contributed by atoms with Gasteiger partial charge in [0.25, 0.3) is 0 Å². The van der Waals surface area contributed by atoms with Gasteiger partial charge in [-0.25, -0.2) is 0 Å². The van der Waals surface area contributed by atoms with Crippen LogP contribution >= 0.6 is 0 Å². The second-order valence-corrected chi connectivity index (χ2v) is 3.68. The van der Waals surface area contributed by atoms with Crippen LogP contribution in [0.2, 0.25) is 0 Å². The molecule has 0 saturated carbocycles. The first-order valence-corrected chi connectivity index (χ1v) is 6.10. The van der Waals surface area contributed by atoms with Crippen LogP contribution in [0.3, 0.4) is 0 Å².